The van der Waals surface area contributed by atoms with Crippen molar-refractivity contribution < 1.29 is 27.8 Å². The lowest BCUT2D eigenvalue weighted by atomic mass is 10.0. The van der Waals surface area contributed by atoms with Crippen LogP contribution in [-0.4, -0.2) is 33.1 Å². The van der Waals surface area contributed by atoms with Gasteiger partial charge < -0.3 is 9.84 Å². The first-order valence-electron chi connectivity index (χ1n) is 5.94. The molecule has 0 saturated carbocycles. The maximum atomic E-state index is 13.1. The largest absolute Gasteiger partial charge is 0.506 e. The molecular formula is C12H9BrF3N3O3. The molecule has 1 heterocycles. The summed E-state index contributed by atoms with van der Waals surface area (Å²) in [5.74, 6) is -1.65. The molecule has 0 aliphatic heterocycles. The Morgan fingerprint density at radius 3 is 2.68 bits per heavy atom. The van der Waals surface area contributed by atoms with Crippen molar-refractivity contribution in [2.75, 3.05) is 6.61 Å². The fraction of sp³-hybridized carbons (Fsp3) is 0.250. The van der Waals surface area contributed by atoms with Crippen molar-refractivity contribution >= 4 is 21.9 Å². The standard InChI is InChI=1S/C12H9BrF3N3O3/c1-2-22-11(21)9-8(17-19-18-9)7-5(12(14,15)16)3-4-6(13)10(7)20/h3-4,20H,2H2,1H3,(H,17,18,19). The summed E-state index contributed by atoms with van der Waals surface area (Å²) >= 11 is 2.93. The Kier molecular flexibility index (Phi) is 4.40. The Balaban J connectivity index is 2.70. The maximum absolute atomic E-state index is 13.1. The van der Waals surface area contributed by atoms with E-state index < -0.39 is 40.4 Å². The van der Waals surface area contributed by atoms with Crippen LogP contribution in [0.1, 0.15) is 23.0 Å². The number of aromatic amines is 1. The van der Waals surface area contributed by atoms with E-state index in [1.807, 2.05) is 0 Å². The molecule has 0 radical (unpaired) electrons. The van der Waals surface area contributed by atoms with Gasteiger partial charge in [-0.2, -0.15) is 23.5 Å². The Bertz CT molecular complexity index is 715. The van der Waals surface area contributed by atoms with Crippen LogP contribution in [0, 0.1) is 0 Å². The number of esters is 1. The van der Waals surface area contributed by atoms with Crippen LogP contribution in [0.5, 0.6) is 5.75 Å². The number of phenolic OH excluding ortho intramolecular Hbond substituents is 1. The quantitative estimate of drug-likeness (QED) is 0.799. The third-order valence-electron chi connectivity index (χ3n) is 2.69. The molecule has 118 valence electrons. The number of H-pyrrole nitrogens is 1. The van der Waals surface area contributed by atoms with Gasteiger partial charge in [-0.05, 0) is 35.0 Å². The number of ether oxygens (including phenoxy) is 1. The molecule has 0 fully saturated rings. The molecule has 0 aliphatic rings. The highest BCUT2D eigenvalue weighted by atomic mass is 79.9. The Morgan fingerprint density at radius 1 is 1.41 bits per heavy atom. The summed E-state index contributed by atoms with van der Waals surface area (Å²) in [5.41, 5.74) is -2.68. The van der Waals surface area contributed by atoms with Gasteiger partial charge in [-0.1, -0.05) is 0 Å². The van der Waals surface area contributed by atoms with Crippen LogP contribution in [0.15, 0.2) is 16.6 Å². The molecule has 0 amide bonds. The van der Waals surface area contributed by atoms with Gasteiger partial charge in [-0.3, -0.25) is 0 Å². The molecule has 0 unspecified atom stereocenters. The predicted molar refractivity (Wildman–Crippen MR) is 72.1 cm³/mol. The highest BCUT2D eigenvalue weighted by Gasteiger charge is 2.38. The fourth-order valence-corrected chi connectivity index (χ4v) is 2.12. The molecule has 0 spiro atoms. The molecule has 0 saturated heterocycles. The van der Waals surface area contributed by atoms with E-state index in [2.05, 4.69) is 31.3 Å². The lowest BCUT2D eigenvalue weighted by Gasteiger charge is -2.14. The number of phenols is 1. The van der Waals surface area contributed by atoms with Crippen molar-refractivity contribution in [3.8, 4) is 17.0 Å². The van der Waals surface area contributed by atoms with Crippen LogP contribution in [0.4, 0.5) is 13.2 Å². The zero-order chi connectivity index (χ0) is 16.5. The Hall–Kier alpha value is -2.10. The summed E-state index contributed by atoms with van der Waals surface area (Å²) in [6.45, 7) is 1.55. The van der Waals surface area contributed by atoms with Crippen LogP contribution in [0.25, 0.3) is 11.3 Å². The minimum atomic E-state index is -4.75. The number of nitrogens with one attached hydrogen (secondary N) is 1. The number of alkyl halides is 3. The summed E-state index contributed by atoms with van der Waals surface area (Å²) in [6, 6.07) is 1.81. The highest BCUT2D eigenvalue weighted by molar-refractivity contribution is 9.10. The maximum Gasteiger partial charge on any atom is 0.417 e. The second kappa shape index (κ2) is 5.95. The van der Waals surface area contributed by atoms with E-state index in [0.717, 1.165) is 12.1 Å². The lowest BCUT2D eigenvalue weighted by Crippen LogP contribution is -2.11. The first kappa shape index (κ1) is 16.3. The fourth-order valence-electron chi connectivity index (χ4n) is 1.79. The summed E-state index contributed by atoms with van der Waals surface area (Å²) in [7, 11) is 0. The topological polar surface area (TPSA) is 88.1 Å². The van der Waals surface area contributed by atoms with Gasteiger partial charge in [0.25, 0.3) is 0 Å². The van der Waals surface area contributed by atoms with Gasteiger partial charge in [-0.15, -0.1) is 5.10 Å². The predicted octanol–water partition coefficient (Wildman–Crippen LogP) is 3.14. The second-order valence-electron chi connectivity index (χ2n) is 4.06. The number of carbonyl (C=O) groups is 1. The number of carbonyl (C=O) groups excluding carboxylic acids is 1. The van der Waals surface area contributed by atoms with Gasteiger partial charge in [0.05, 0.1) is 22.2 Å². The van der Waals surface area contributed by atoms with E-state index in [4.69, 9.17) is 4.74 Å². The van der Waals surface area contributed by atoms with Crippen LogP contribution in [-0.2, 0) is 10.9 Å². The van der Waals surface area contributed by atoms with Crippen molar-refractivity contribution in [3.05, 3.63) is 27.9 Å². The summed E-state index contributed by atoms with van der Waals surface area (Å²) in [5, 5.41) is 19.1. The highest BCUT2D eigenvalue weighted by Crippen LogP contribution is 2.44. The normalized spacial score (nSPS) is 11.5. The zero-order valence-corrected chi connectivity index (χ0v) is 12.6. The van der Waals surface area contributed by atoms with Crippen molar-refractivity contribution in [2.45, 2.75) is 13.1 Å². The summed E-state index contributed by atoms with van der Waals surface area (Å²) < 4.78 is 44.1. The summed E-state index contributed by atoms with van der Waals surface area (Å²) in [6.07, 6.45) is -4.75. The van der Waals surface area contributed by atoms with Crippen LogP contribution >= 0.6 is 15.9 Å². The monoisotopic (exact) mass is 379 g/mol. The minimum Gasteiger partial charge on any atom is -0.506 e. The van der Waals surface area contributed by atoms with Gasteiger partial charge in [-0.25, -0.2) is 4.79 Å². The second-order valence-corrected chi connectivity index (χ2v) is 4.91. The molecule has 10 heteroatoms. The van der Waals surface area contributed by atoms with E-state index in [9.17, 15) is 23.1 Å². The van der Waals surface area contributed by atoms with Gasteiger partial charge in [0.15, 0.2) is 5.69 Å². The molecule has 1 aromatic carbocycles. The third-order valence-corrected chi connectivity index (χ3v) is 3.33. The molecule has 22 heavy (non-hydrogen) atoms. The van der Waals surface area contributed by atoms with E-state index in [0.29, 0.717) is 0 Å². The number of hydrogen-bond donors (Lipinski definition) is 2. The molecular weight excluding hydrogens is 371 g/mol. The van der Waals surface area contributed by atoms with Crippen LogP contribution in [0.2, 0.25) is 0 Å². The van der Waals surface area contributed by atoms with Gasteiger partial charge in [0.1, 0.15) is 11.4 Å². The molecule has 2 aromatic rings. The molecule has 1 aromatic heterocycles. The number of aromatic nitrogens is 3. The van der Waals surface area contributed by atoms with Crippen LogP contribution < -0.4 is 0 Å². The van der Waals surface area contributed by atoms with Crippen molar-refractivity contribution in [1.29, 1.82) is 0 Å². The van der Waals surface area contributed by atoms with Crippen molar-refractivity contribution in [1.82, 2.24) is 15.4 Å². The Morgan fingerprint density at radius 2 is 2.09 bits per heavy atom. The molecule has 6 nitrogen and oxygen atoms in total. The first-order chi connectivity index (χ1) is 10.3. The first-order valence-corrected chi connectivity index (χ1v) is 6.73. The summed E-state index contributed by atoms with van der Waals surface area (Å²) in [4.78, 5) is 11.7. The number of halogens is 4. The van der Waals surface area contributed by atoms with Gasteiger partial charge in [0.2, 0.25) is 0 Å². The average Bonchev–Trinajstić information content (AvgIpc) is 2.89. The number of nitrogens with zero attached hydrogens (tertiary/aromatic N) is 2. The zero-order valence-electron chi connectivity index (χ0n) is 11.0. The SMILES string of the molecule is CCOC(=O)c1n[nH]nc1-c1c(C(F)(F)F)ccc(Br)c1O. The van der Waals surface area contributed by atoms with E-state index in [-0.39, 0.29) is 11.1 Å². The lowest BCUT2D eigenvalue weighted by molar-refractivity contribution is -0.137. The molecule has 0 atom stereocenters. The van der Waals surface area contributed by atoms with Crippen LogP contribution in [0.3, 0.4) is 0 Å². The van der Waals surface area contributed by atoms with E-state index in [1.54, 1.807) is 0 Å². The molecule has 2 N–H and O–H groups in total. The van der Waals surface area contributed by atoms with Gasteiger partial charge >= 0.3 is 12.1 Å². The van der Waals surface area contributed by atoms with E-state index in [1.165, 1.54) is 6.92 Å². The minimum absolute atomic E-state index is 0.0156. The average molecular weight is 380 g/mol. The number of benzene rings is 1. The molecule has 0 aliphatic carbocycles. The third kappa shape index (κ3) is 2.91. The van der Waals surface area contributed by atoms with Gasteiger partial charge in [0, 0.05) is 0 Å². The molecule has 2 rings (SSSR count). The Labute approximate surface area is 130 Å². The van der Waals surface area contributed by atoms with Crippen molar-refractivity contribution in [2.24, 2.45) is 0 Å². The van der Waals surface area contributed by atoms with E-state index >= 15 is 0 Å². The van der Waals surface area contributed by atoms with Crippen molar-refractivity contribution in [3.63, 3.8) is 0 Å². The smallest absolute Gasteiger partial charge is 0.417 e. The number of hydrogen-bond acceptors (Lipinski definition) is 5. The number of rotatable bonds is 3. The molecule has 0 bridgehead atoms. The number of aromatic hydroxyl groups is 1.